The Hall–Kier alpha value is -3.18. The monoisotopic (exact) mass is 448 g/mol. The molecule has 0 saturated heterocycles. The third kappa shape index (κ3) is 4.53. The van der Waals surface area contributed by atoms with E-state index in [-0.39, 0.29) is 0 Å². The van der Waals surface area contributed by atoms with Gasteiger partial charge in [-0.05, 0) is 21.2 Å². The minimum Gasteiger partial charge on any atom is -0.260 e. The number of aromatic nitrogens is 2. The fourth-order valence-corrected chi connectivity index (χ4v) is 8.09. The molecule has 0 amide bonds. The average molecular weight is 448 g/mol. The van der Waals surface area contributed by atoms with Crippen molar-refractivity contribution in [1.82, 2.24) is 9.97 Å². The molecule has 0 saturated carbocycles. The lowest BCUT2D eigenvalue weighted by atomic mass is 10.4. The molecule has 0 aliphatic heterocycles. The highest BCUT2D eigenvalue weighted by atomic mass is 31.1. The Morgan fingerprint density at radius 2 is 0.656 bits per heavy atom. The SMILES string of the molecule is c1ccc(P(c2ccccc2)c2cncc(P(c3ccccc3)c3ccccc3)n2)cc1. The van der Waals surface area contributed by atoms with Gasteiger partial charge in [0.1, 0.15) is 0 Å². The summed E-state index contributed by atoms with van der Waals surface area (Å²) in [5, 5.41) is 5.13. The van der Waals surface area contributed by atoms with Crippen LogP contribution in [-0.2, 0) is 0 Å². The van der Waals surface area contributed by atoms with Gasteiger partial charge in [-0.3, -0.25) is 4.98 Å². The summed E-state index contributed by atoms with van der Waals surface area (Å²) in [6.07, 6.45) is 3.89. The first-order chi connectivity index (χ1) is 15.9. The number of hydrogen-bond donors (Lipinski definition) is 0. The number of rotatable bonds is 6. The largest absolute Gasteiger partial charge is 0.260 e. The van der Waals surface area contributed by atoms with Crippen LogP contribution in [0.25, 0.3) is 0 Å². The van der Waals surface area contributed by atoms with Crippen molar-refractivity contribution in [3.05, 3.63) is 134 Å². The van der Waals surface area contributed by atoms with Crippen LogP contribution in [0.3, 0.4) is 0 Å². The Balaban J connectivity index is 1.65. The van der Waals surface area contributed by atoms with Crippen molar-refractivity contribution in [1.29, 1.82) is 0 Å². The Kier molecular flexibility index (Phi) is 6.45. The Labute approximate surface area is 191 Å². The molecule has 0 radical (unpaired) electrons. The second-order valence-corrected chi connectivity index (χ2v) is 11.6. The van der Waals surface area contributed by atoms with Crippen LogP contribution in [0.1, 0.15) is 0 Å². The quantitative estimate of drug-likeness (QED) is 0.367. The predicted octanol–water partition coefficient (Wildman–Crippen LogP) is 3.99. The van der Waals surface area contributed by atoms with E-state index < -0.39 is 15.8 Å². The molecule has 0 aliphatic carbocycles. The van der Waals surface area contributed by atoms with Gasteiger partial charge in [0.15, 0.2) is 0 Å². The van der Waals surface area contributed by atoms with E-state index in [4.69, 9.17) is 9.97 Å². The first kappa shape index (κ1) is 20.7. The standard InChI is InChI=1S/C28H22N2P2/c1-5-13-23(14-6-1)31(24-15-7-2-8-16-24)27-21-29-22-28(30-27)32(25-17-9-3-10-18-25)26-19-11-4-12-20-26/h1-22H. The number of nitrogens with zero attached hydrogens (tertiary/aromatic N) is 2. The molecule has 32 heavy (non-hydrogen) atoms. The van der Waals surface area contributed by atoms with Gasteiger partial charge in [0.05, 0.1) is 23.3 Å². The molecule has 0 unspecified atom stereocenters. The van der Waals surface area contributed by atoms with Gasteiger partial charge in [-0.15, -0.1) is 0 Å². The zero-order chi connectivity index (χ0) is 21.6. The molecule has 4 aromatic carbocycles. The molecular formula is C28H22N2P2. The summed E-state index contributed by atoms with van der Waals surface area (Å²) in [6, 6.07) is 42.7. The molecular weight excluding hydrogens is 426 g/mol. The Morgan fingerprint density at radius 3 is 0.938 bits per heavy atom. The van der Waals surface area contributed by atoms with Crippen LogP contribution in [-0.4, -0.2) is 9.97 Å². The molecule has 0 N–H and O–H groups in total. The van der Waals surface area contributed by atoms with E-state index in [1.807, 2.05) is 12.4 Å². The Morgan fingerprint density at radius 1 is 0.375 bits per heavy atom. The zero-order valence-electron chi connectivity index (χ0n) is 17.5. The summed E-state index contributed by atoms with van der Waals surface area (Å²) in [7, 11) is -1.58. The van der Waals surface area contributed by atoms with E-state index in [1.165, 1.54) is 21.2 Å². The summed E-state index contributed by atoms with van der Waals surface area (Å²) in [6.45, 7) is 0. The van der Waals surface area contributed by atoms with Crippen molar-refractivity contribution in [3.63, 3.8) is 0 Å². The van der Waals surface area contributed by atoms with Gasteiger partial charge in [-0.25, -0.2) is 4.98 Å². The van der Waals surface area contributed by atoms with E-state index >= 15 is 0 Å². The van der Waals surface area contributed by atoms with Crippen molar-refractivity contribution in [2.24, 2.45) is 0 Å². The summed E-state index contributed by atoms with van der Waals surface area (Å²) >= 11 is 0. The second-order valence-electron chi connectivity index (χ2n) is 7.25. The average Bonchev–Trinajstić information content (AvgIpc) is 2.87. The molecule has 0 bridgehead atoms. The normalized spacial score (nSPS) is 11.1. The second kappa shape index (κ2) is 9.96. The van der Waals surface area contributed by atoms with Crippen molar-refractivity contribution in [2.75, 3.05) is 0 Å². The van der Waals surface area contributed by atoms with Crippen LogP contribution < -0.4 is 32.1 Å². The highest BCUT2D eigenvalue weighted by Gasteiger charge is 2.22. The van der Waals surface area contributed by atoms with Crippen LogP contribution in [0.4, 0.5) is 0 Å². The molecule has 4 heteroatoms. The Bertz CT molecular complexity index is 1090. The first-order valence-corrected chi connectivity index (χ1v) is 13.2. The first-order valence-electron chi connectivity index (χ1n) is 10.5. The van der Waals surface area contributed by atoms with Crippen LogP contribution >= 0.6 is 15.8 Å². The van der Waals surface area contributed by atoms with Crippen LogP contribution in [0.5, 0.6) is 0 Å². The maximum absolute atomic E-state index is 5.27. The third-order valence-electron chi connectivity index (χ3n) is 5.12. The summed E-state index contributed by atoms with van der Waals surface area (Å²) in [5.74, 6) is 0. The van der Waals surface area contributed by atoms with Crippen molar-refractivity contribution >= 4 is 47.9 Å². The summed E-state index contributed by atoms with van der Waals surface area (Å²) in [4.78, 5) is 9.97. The molecule has 0 atom stereocenters. The summed E-state index contributed by atoms with van der Waals surface area (Å²) < 4.78 is 0. The molecule has 1 heterocycles. The van der Waals surface area contributed by atoms with E-state index in [2.05, 4.69) is 121 Å². The van der Waals surface area contributed by atoms with Crippen molar-refractivity contribution < 1.29 is 0 Å². The van der Waals surface area contributed by atoms with Gasteiger partial charge in [-0.2, -0.15) is 0 Å². The molecule has 0 spiro atoms. The molecule has 2 nitrogen and oxygen atoms in total. The zero-order valence-corrected chi connectivity index (χ0v) is 19.3. The molecule has 5 rings (SSSR count). The molecule has 1 aromatic heterocycles. The molecule has 154 valence electrons. The van der Waals surface area contributed by atoms with Crippen LogP contribution in [0.15, 0.2) is 134 Å². The van der Waals surface area contributed by atoms with Gasteiger partial charge in [0.2, 0.25) is 0 Å². The highest BCUT2D eigenvalue weighted by molar-refractivity contribution is 7.80. The van der Waals surface area contributed by atoms with Gasteiger partial charge in [0.25, 0.3) is 0 Å². The lowest BCUT2D eigenvalue weighted by Crippen LogP contribution is -2.30. The third-order valence-corrected chi connectivity index (χ3v) is 9.73. The van der Waals surface area contributed by atoms with Gasteiger partial charge >= 0.3 is 0 Å². The van der Waals surface area contributed by atoms with E-state index in [0.29, 0.717) is 0 Å². The molecule has 0 aliphatic rings. The van der Waals surface area contributed by atoms with Crippen molar-refractivity contribution in [3.8, 4) is 0 Å². The number of hydrogen-bond acceptors (Lipinski definition) is 2. The van der Waals surface area contributed by atoms with Crippen molar-refractivity contribution in [2.45, 2.75) is 0 Å². The van der Waals surface area contributed by atoms with Gasteiger partial charge in [0, 0.05) is 15.8 Å². The van der Waals surface area contributed by atoms with Crippen LogP contribution in [0.2, 0.25) is 0 Å². The molecule has 5 aromatic rings. The minimum absolute atomic E-state index is 0.788. The van der Waals surface area contributed by atoms with E-state index in [9.17, 15) is 0 Å². The van der Waals surface area contributed by atoms with E-state index in [1.54, 1.807) is 0 Å². The lowest BCUT2D eigenvalue weighted by molar-refractivity contribution is 1.28. The highest BCUT2D eigenvalue weighted by Crippen LogP contribution is 2.34. The summed E-state index contributed by atoms with van der Waals surface area (Å²) in [5.41, 5.74) is 2.07. The van der Waals surface area contributed by atoms with Gasteiger partial charge in [-0.1, -0.05) is 121 Å². The maximum atomic E-state index is 5.27. The number of benzene rings is 4. The molecule has 0 fully saturated rings. The maximum Gasteiger partial charge on any atom is 0.0910 e. The smallest absolute Gasteiger partial charge is 0.0910 e. The fourth-order valence-electron chi connectivity index (χ4n) is 3.70. The predicted molar refractivity (Wildman–Crippen MR) is 139 cm³/mol. The minimum atomic E-state index is -0.788. The van der Waals surface area contributed by atoms with Gasteiger partial charge < -0.3 is 0 Å². The topological polar surface area (TPSA) is 25.8 Å². The lowest BCUT2D eigenvalue weighted by Gasteiger charge is -2.21. The van der Waals surface area contributed by atoms with Crippen LogP contribution in [0, 0.1) is 0 Å². The van der Waals surface area contributed by atoms with E-state index in [0.717, 1.165) is 10.9 Å². The fraction of sp³-hybridized carbons (Fsp3) is 0.